The molecule has 0 unspecified atom stereocenters. The first-order chi connectivity index (χ1) is 7.26. The first-order valence-electron chi connectivity index (χ1n) is 4.85. The highest BCUT2D eigenvalue weighted by molar-refractivity contribution is 5.83. The minimum absolute atomic E-state index is 0.193. The van der Waals surface area contributed by atoms with Gasteiger partial charge in [0.25, 0.3) is 0 Å². The van der Waals surface area contributed by atoms with Crippen molar-refractivity contribution in [1.82, 2.24) is 10.2 Å². The van der Waals surface area contributed by atoms with Crippen molar-refractivity contribution in [1.29, 1.82) is 0 Å². The highest BCUT2D eigenvalue weighted by atomic mass is 16.5. The van der Waals surface area contributed by atoms with Gasteiger partial charge in [0.1, 0.15) is 6.61 Å². The predicted octanol–water partition coefficient (Wildman–Crippen LogP) is 2.10. The molecule has 0 saturated heterocycles. The Morgan fingerprint density at radius 2 is 2.60 bits per heavy atom. The molecule has 0 aliphatic carbocycles. The topological polar surface area (TPSA) is 67.0 Å². The highest BCUT2D eigenvalue weighted by Crippen LogP contribution is 2.07. The van der Waals surface area contributed by atoms with Crippen molar-refractivity contribution in [2.24, 2.45) is 0 Å². The first-order valence-corrected chi connectivity index (χ1v) is 4.85. The van der Waals surface area contributed by atoms with Crippen LogP contribution < -0.4 is 5.32 Å². The molecule has 1 heterocycles. The summed E-state index contributed by atoms with van der Waals surface area (Å²) in [6, 6.07) is 1.79. The molecule has 5 heteroatoms. The number of anilines is 1. The zero-order chi connectivity index (χ0) is 11.1. The van der Waals surface area contributed by atoms with Crippen LogP contribution in [0.25, 0.3) is 0 Å². The molecule has 0 atom stereocenters. The van der Waals surface area contributed by atoms with E-state index >= 15 is 0 Å². The average molecular weight is 209 g/mol. The molecule has 0 fully saturated rings. The second kappa shape index (κ2) is 5.85. The lowest BCUT2D eigenvalue weighted by molar-refractivity contribution is 0.174. The third-order valence-electron chi connectivity index (χ3n) is 1.71. The summed E-state index contributed by atoms with van der Waals surface area (Å²) in [5.41, 5.74) is 0.997. The summed E-state index contributed by atoms with van der Waals surface area (Å²) in [4.78, 5) is 11.1. The summed E-state index contributed by atoms with van der Waals surface area (Å²) in [6.07, 6.45) is 2.93. The van der Waals surface area contributed by atoms with Gasteiger partial charge < -0.3 is 4.74 Å². The number of aromatic amines is 1. The Morgan fingerprint density at radius 1 is 1.80 bits per heavy atom. The zero-order valence-corrected chi connectivity index (χ0v) is 8.75. The van der Waals surface area contributed by atoms with Crippen LogP contribution in [0, 0.1) is 0 Å². The normalized spacial score (nSPS) is 9.67. The van der Waals surface area contributed by atoms with E-state index in [1.165, 1.54) is 6.08 Å². The first kappa shape index (κ1) is 11.3. The van der Waals surface area contributed by atoms with Crippen LogP contribution in [0.2, 0.25) is 0 Å². The summed E-state index contributed by atoms with van der Waals surface area (Å²) in [5.74, 6) is 0.479. The standard InChI is InChI=1S/C10H15N3O2/c1-3-5-8-7-9(13-12-8)11-10(14)15-6-4-2/h4,7H,2-3,5-6H2,1H3,(H2,11,12,13,14). The molecule has 2 N–H and O–H groups in total. The lowest BCUT2D eigenvalue weighted by Crippen LogP contribution is -2.13. The number of carbonyl (C=O) groups excluding carboxylic acids is 1. The van der Waals surface area contributed by atoms with Gasteiger partial charge in [-0.3, -0.25) is 10.4 Å². The molecule has 1 amide bonds. The molecular weight excluding hydrogens is 194 g/mol. The van der Waals surface area contributed by atoms with Crippen molar-refractivity contribution < 1.29 is 9.53 Å². The number of H-pyrrole nitrogens is 1. The number of carbonyl (C=O) groups is 1. The Labute approximate surface area is 88.5 Å². The molecule has 0 aromatic carbocycles. The van der Waals surface area contributed by atoms with Crippen LogP contribution in [0.1, 0.15) is 19.0 Å². The molecular formula is C10H15N3O2. The van der Waals surface area contributed by atoms with E-state index in [9.17, 15) is 4.79 Å². The number of aromatic nitrogens is 2. The highest BCUT2D eigenvalue weighted by Gasteiger charge is 2.05. The van der Waals surface area contributed by atoms with E-state index in [1.54, 1.807) is 6.07 Å². The molecule has 5 nitrogen and oxygen atoms in total. The van der Waals surface area contributed by atoms with Gasteiger partial charge in [-0.25, -0.2) is 4.79 Å². The van der Waals surface area contributed by atoms with Crippen LogP contribution in [-0.2, 0) is 11.2 Å². The van der Waals surface area contributed by atoms with Crippen LogP contribution in [0.4, 0.5) is 10.6 Å². The van der Waals surface area contributed by atoms with E-state index < -0.39 is 6.09 Å². The van der Waals surface area contributed by atoms with E-state index in [0.29, 0.717) is 5.82 Å². The van der Waals surface area contributed by atoms with E-state index in [4.69, 9.17) is 4.74 Å². The van der Waals surface area contributed by atoms with Gasteiger partial charge in [0.2, 0.25) is 0 Å². The Kier molecular flexibility index (Phi) is 4.40. The quantitative estimate of drug-likeness (QED) is 0.730. The summed E-state index contributed by atoms with van der Waals surface area (Å²) >= 11 is 0. The van der Waals surface area contributed by atoms with Crippen LogP contribution >= 0.6 is 0 Å². The summed E-state index contributed by atoms with van der Waals surface area (Å²) in [7, 11) is 0. The third-order valence-corrected chi connectivity index (χ3v) is 1.71. The van der Waals surface area contributed by atoms with Gasteiger partial charge in [0.05, 0.1) is 0 Å². The van der Waals surface area contributed by atoms with Crippen molar-refractivity contribution in [3.05, 3.63) is 24.4 Å². The van der Waals surface area contributed by atoms with Crippen molar-refractivity contribution in [3.63, 3.8) is 0 Å². The predicted molar refractivity (Wildman–Crippen MR) is 57.8 cm³/mol. The van der Waals surface area contributed by atoms with Crippen LogP contribution in [0.15, 0.2) is 18.7 Å². The molecule has 0 bridgehead atoms. The Hall–Kier alpha value is -1.78. The van der Waals surface area contributed by atoms with Crippen molar-refractivity contribution >= 4 is 11.9 Å². The fourth-order valence-corrected chi connectivity index (χ4v) is 1.10. The van der Waals surface area contributed by atoms with Gasteiger partial charge >= 0.3 is 6.09 Å². The SMILES string of the molecule is C=CCOC(=O)Nc1cc(CCC)[nH]n1. The largest absolute Gasteiger partial charge is 0.445 e. The Balaban J connectivity index is 2.42. The van der Waals surface area contributed by atoms with Gasteiger partial charge in [-0.05, 0) is 6.42 Å². The van der Waals surface area contributed by atoms with Gasteiger partial charge in [-0.1, -0.05) is 26.0 Å². The Morgan fingerprint density at radius 3 is 3.27 bits per heavy atom. The number of amides is 1. The second-order valence-corrected chi connectivity index (χ2v) is 3.04. The van der Waals surface area contributed by atoms with E-state index in [0.717, 1.165) is 18.5 Å². The van der Waals surface area contributed by atoms with Gasteiger partial charge in [-0.2, -0.15) is 5.10 Å². The smallest absolute Gasteiger partial charge is 0.413 e. The molecule has 0 spiro atoms. The minimum atomic E-state index is -0.524. The molecule has 0 radical (unpaired) electrons. The monoisotopic (exact) mass is 209 g/mol. The molecule has 1 rings (SSSR count). The lowest BCUT2D eigenvalue weighted by Gasteiger charge is -2.00. The molecule has 15 heavy (non-hydrogen) atoms. The Bertz CT molecular complexity index is 333. The minimum Gasteiger partial charge on any atom is -0.445 e. The average Bonchev–Trinajstić information content (AvgIpc) is 2.63. The van der Waals surface area contributed by atoms with Crippen LogP contribution in [-0.4, -0.2) is 22.9 Å². The van der Waals surface area contributed by atoms with Crippen molar-refractivity contribution in [3.8, 4) is 0 Å². The number of hydrogen-bond acceptors (Lipinski definition) is 3. The fourth-order valence-electron chi connectivity index (χ4n) is 1.10. The summed E-state index contributed by atoms with van der Waals surface area (Å²) < 4.78 is 4.74. The maximum Gasteiger partial charge on any atom is 0.413 e. The maximum absolute atomic E-state index is 11.1. The molecule has 1 aromatic rings. The van der Waals surface area contributed by atoms with Crippen molar-refractivity contribution in [2.75, 3.05) is 11.9 Å². The number of rotatable bonds is 5. The summed E-state index contributed by atoms with van der Waals surface area (Å²) in [5, 5.41) is 9.25. The van der Waals surface area contributed by atoms with Crippen LogP contribution in [0.5, 0.6) is 0 Å². The van der Waals surface area contributed by atoms with Crippen LogP contribution in [0.3, 0.4) is 0 Å². The number of nitrogens with zero attached hydrogens (tertiary/aromatic N) is 1. The lowest BCUT2D eigenvalue weighted by atomic mass is 10.2. The molecule has 0 saturated carbocycles. The number of nitrogens with one attached hydrogen (secondary N) is 2. The number of aryl methyl sites for hydroxylation is 1. The second-order valence-electron chi connectivity index (χ2n) is 3.04. The third kappa shape index (κ3) is 3.84. The van der Waals surface area contributed by atoms with Gasteiger partial charge in [-0.15, -0.1) is 0 Å². The fraction of sp³-hybridized carbons (Fsp3) is 0.400. The molecule has 1 aromatic heterocycles. The van der Waals surface area contributed by atoms with E-state index in [1.807, 2.05) is 0 Å². The number of ether oxygens (including phenoxy) is 1. The van der Waals surface area contributed by atoms with Gasteiger partial charge in [0, 0.05) is 11.8 Å². The zero-order valence-electron chi connectivity index (χ0n) is 8.75. The molecule has 0 aliphatic rings. The van der Waals surface area contributed by atoms with E-state index in [-0.39, 0.29) is 6.61 Å². The van der Waals surface area contributed by atoms with Gasteiger partial charge in [0.15, 0.2) is 5.82 Å². The summed E-state index contributed by atoms with van der Waals surface area (Å²) in [6.45, 7) is 5.71. The molecule has 0 aliphatic heterocycles. The van der Waals surface area contributed by atoms with E-state index in [2.05, 4.69) is 29.0 Å². The maximum atomic E-state index is 11.1. The number of hydrogen-bond donors (Lipinski definition) is 2. The molecule has 82 valence electrons. The van der Waals surface area contributed by atoms with Crippen molar-refractivity contribution in [2.45, 2.75) is 19.8 Å².